The molecule has 9 heteroatoms. The van der Waals surface area contributed by atoms with Gasteiger partial charge in [-0.15, -0.1) is 11.3 Å². The Morgan fingerprint density at radius 2 is 2.08 bits per heavy atom. The van der Waals surface area contributed by atoms with E-state index in [0.29, 0.717) is 37.6 Å². The fourth-order valence-electron chi connectivity index (χ4n) is 2.72. The van der Waals surface area contributed by atoms with Gasteiger partial charge in [-0.05, 0) is 31.1 Å². The van der Waals surface area contributed by atoms with Gasteiger partial charge in [-0.25, -0.2) is 0 Å². The number of hydrogen-bond donors (Lipinski definition) is 2. The van der Waals surface area contributed by atoms with Crippen molar-refractivity contribution in [2.45, 2.75) is 18.8 Å². The summed E-state index contributed by atoms with van der Waals surface area (Å²) < 4.78 is 40.0. The first-order valence-corrected chi connectivity index (χ1v) is 8.68. The summed E-state index contributed by atoms with van der Waals surface area (Å²) in [6.07, 6.45) is -4.37. The Hall–Kier alpha value is -1.16. The number of nitrogens with zero attached hydrogens (tertiary/aromatic N) is 2. The SMILES string of the molecule is CN(C)Cc1ccsc1C(=O)NCC(N1CCNCC1)C(F)(F)F. The van der Waals surface area contributed by atoms with Gasteiger partial charge in [-0.1, -0.05) is 0 Å². The van der Waals surface area contributed by atoms with Gasteiger partial charge in [0.25, 0.3) is 5.91 Å². The molecule has 1 aromatic rings. The molecule has 5 nitrogen and oxygen atoms in total. The first-order chi connectivity index (χ1) is 11.3. The van der Waals surface area contributed by atoms with Crippen LogP contribution < -0.4 is 10.6 Å². The predicted octanol–water partition coefficient (Wildman–Crippen LogP) is 1.38. The van der Waals surface area contributed by atoms with E-state index in [9.17, 15) is 18.0 Å². The molecular formula is C15H23F3N4OS. The Kier molecular flexibility index (Phi) is 6.62. The molecule has 1 amide bonds. The highest BCUT2D eigenvalue weighted by atomic mass is 32.1. The monoisotopic (exact) mass is 364 g/mol. The fourth-order valence-corrected chi connectivity index (χ4v) is 3.55. The van der Waals surface area contributed by atoms with Crippen LogP contribution in [0.1, 0.15) is 15.2 Å². The Morgan fingerprint density at radius 1 is 1.42 bits per heavy atom. The van der Waals surface area contributed by atoms with Crippen LogP contribution in [0, 0.1) is 0 Å². The number of piperazine rings is 1. The number of hydrogen-bond acceptors (Lipinski definition) is 5. The molecule has 0 spiro atoms. The third-order valence-electron chi connectivity index (χ3n) is 3.87. The van der Waals surface area contributed by atoms with Crippen LogP contribution in [0.3, 0.4) is 0 Å². The molecule has 1 aromatic heterocycles. The molecule has 1 atom stereocenters. The van der Waals surface area contributed by atoms with Crippen molar-refractivity contribution in [1.82, 2.24) is 20.4 Å². The van der Waals surface area contributed by atoms with Gasteiger partial charge >= 0.3 is 6.18 Å². The van der Waals surface area contributed by atoms with E-state index in [1.54, 1.807) is 5.38 Å². The van der Waals surface area contributed by atoms with E-state index < -0.39 is 24.7 Å². The van der Waals surface area contributed by atoms with Gasteiger partial charge < -0.3 is 15.5 Å². The largest absolute Gasteiger partial charge is 0.405 e. The number of nitrogens with one attached hydrogen (secondary N) is 2. The maximum atomic E-state index is 13.3. The topological polar surface area (TPSA) is 47.6 Å². The molecule has 1 unspecified atom stereocenters. The average Bonchev–Trinajstić information content (AvgIpc) is 2.94. The number of carbonyl (C=O) groups is 1. The van der Waals surface area contributed by atoms with Gasteiger partial charge in [-0.2, -0.15) is 13.2 Å². The highest BCUT2D eigenvalue weighted by Gasteiger charge is 2.43. The smallest absolute Gasteiger partial charge is 0.349 e. The third kappa shape index (κ3) is 5.17. The number of carbonyl (C=O) groups excluding carboxylic acids is 1. The molecule has 2 heterocycles. The summed E-state index contributed by atoms with van der Waals surface area (Å²) in [4.78, 5) is 16.1. The summed E-state index contributed by atoms with van der Waals surface area (Å²) in [5.74, 6) is -0.439. The van der Waals surface area contributed by atoms with Gasteiger partial charge in [0.05, 0.1) is 4.88 Å². The van der Waals surface area contributed by atoms with Crippen molar-refractivity contribution in [3.8, 4) is 0 Å². The molecule has 2 N–H and O–H groups in total. The van der Waals surface area contributed by atoms with Crippen LogP contribution in [-0.4, -0.2) is 74.7 Å². The normalized spacial score (nSPS) is 17.9. The summed E-state index contributed by atoms with van der Waals surface area (Å²) in [5, 5.41) is 7.29. The zero-order chi connectivity index (χ0) is 17.7. The number of thiophene rings is 1. The molecule has 1 fully saturated rings. The predicted molar refractivity (Wildman–Crippen MR) is 88.3 cm³/mol. The van der Waals surface area contributed by atoms with Crippen molar-refractivity contribution >= 4 is 17.2 Å². The van der Waals surface area contributed by atoms with E-state index >= 15 is 0 Å². The van der Waals surface area contributed by atoms with Crippen LogP contribution in [0.25, 0.3) is 0 Å². The Morgan fingerprint density at radius 3 is 2.67 bits per heavy atom. The van der Waals surface area contributed by atoms with E-state index in [1.165, 1.54) is 16.2 Å². The number of halogens is 3. The first kappa shape index (κ1) is 19.2. The zero-order valence-electron chi connectivity index (χ0n) is 13.8. The van der Waals surface area contributed by atoms with Crippen molar-refractivity contribution in [1.29, 1.82) is 0 Å². The lowest BCUT2D eigenvalue weighted by Gasteiger charge is -2.35. The highest BCUT2D eigenvalue weighted by molar-refractivity contribution is 7.12. The standard InChI is InChI=1S/C15H23F3N4OS/c1-21(2)10-11-3-8-24-13(11)14(23)20-9-12(15(16,17)18)22-6-4-19-5-7-22/h3,8,12,19H,4-7,9-10H2,1-2H3,(H,20,23). The summed E-state index contributed by atoms with van der Waals surface area (Å²) in [6, 6.07) is 0.178. The van der Waals surface area contributed by atoms with Crippen LogP contribution in [0.5, 0.6) is 0 Å². The van der Waals surface area contributed by atoms with Gasteiger partial charge in [0.1, 0.15) is 6.04 Å². The first-order valence-electron chi connectivity index (χ1n) is 7.80. The van der Waals surface area contributed by atoms with Crippen molar-refractivity contribution in [3.05, 3.63) is 21.9 Å². The Labute approximate surface area is 143 Å². The maximum Gasteiger partial charge on any atom is 0.405 e. The Balaban J connectivity index is 2.01. The lowest BCUT2D eigenvalue weighted by molar-refractivity contribution is -0.183. The van der Waals surface area contributed by atoms with Crippen LogP contribution in [0.4, 0.5) is 13.2 Å². The molecular weight excluding hydrogens is 341 g/mol. The van der Waals surface area contributed by atoms with E-state index in [0.717, 1.165) is 5.56 Å². The summed E-state index contributed by atoms with van der Waals surface area (Å²) in [6.45, 7) is 1.85. The van der Waals surface area contributed by atoms with Crippen molar-refractivity contribution in [2.75, 3.05) is 46.8 Å². The molecule has 136 valence electrons. The lowest BCUT2D eigenvalue weighted by atomic mass is 10.2. The zero-order valence-corrected chi connectivity index (χ0v) is 14.6. The van der Waals surface area contributed by atoms with Crippen LogP contribution in [-0.2, 0) is 6.54 Å². The molecule has 1 aliphatic heterocycles. The number of amides is 1. The van der Waals surface area contributed by atoms with E-state index in [1.807, 2.05) is 25.1 Å². The molecule has 0 bridgehead atoms. The van der Waals surface area contributed by atoms with Crippen molar-refractivity contribution < 1.29 is 18.0 Å². The Bertz CT molecular complexity index is 541. The van der Waals surface area contributed by atoms with Gasteiger partial charge in [0.15, 0.2) is 0 Å². The van der Waals surface area contributed by atoms with Crippen LogP contribution in [0.2, 0.25) is 0 Å². The lowest BCUT2D eigenvalue weighted by Crippen LogP contribution is -2.57. The van der Waals surface area contributed by atoms with E-state index in [4.69, 9.17) is 0 Å². The molecule has 1 aliphatic rings. The number of rotatable bonds is 6. The van der Waals surface area contributed by atoms with Gasteiger partial charge in [-0.3, -0.25) is 9.69 Å². The van der Waals surface area contributed by atoms with E-state index in [2.05, 4.69) is 10.6 Å². The molecule has 0 aromatic carbocycles. The van der Waals surface area contributed by atoms with Crippen molar-refractivity contribution in [2.24, 2.45) is 0 Å². The third-order valence-corrected chi connectivity index (χ3v) is 4.82. The quantitative estimate of drug-likeness (QED) is 0.801. The average molecular weight is 364 g/mol. The summed E-state index contributed by atoms with van der Waals surface area (Å²) in [7, 11) is 3.76. The second-order valence-electron chi connectivity index (χ2n) is 6.07. The maximum absolute atomic E-state index is 13.3. The summed E-state index contributed by atoms with van der Waals surface area (Å²) in [5.41, 5.74) is 0.827. The summed E-state index contributed by atoms with van der Waals surface area (Å²) >= 11 is 1.25. The van der Waals surface area contributed by atoms with Crippen LogP contribution >= 0.6 is 11.3 Å². The van der Waals surface area contributed by atoms with Crippen LogP contribution in [0.15, 0.2) is 11.4 Å². The molecule has 2 rings (SSSR count). The van der Waals surface area contributed by atoms with Gasteiger partial charge in [0, 0.05) is 39.3 Å². The minimum absolute atomic E-state index is 0.324. The fraction of sp³-hybridized carbons (Fsp3) is 0.667. The highest BCUT2D eigenvalue weighted by Crippen LogP contribution is 2.25. The van der Waals surface area contributed by atoms with Gasteiger partial charge in [0.2, 0.25) is 0 Å². The van der Waals surface area contributed by atoms with Crippen molar-refractivity contribution in [3.63, 3.8) is 0 Å². The second kappa shape index (κ2) is 8.28. The molecule has 1 saturated heterocycles. The van der Waals surface area contributed by atoms with E-state index in [-0.39, 0.29) is 0 Å². The second-order valence-corrected chi connectivity index (χ2v) is 6.98. The minimum atomic E-state index is -4.37. The molecule has 0 aliphatic carbocycles. The molecule has 0 saturated carbocycles. The molecule has 0 radical (unpaired) electrons. The number of alkyl halides is 3. The molecule has 24 heavy (non-hydrogen) atoms. The minimum Gasteiger partial charge on any atom is -0.349 e.